The van der Waals surface area contributed by atoms with E-state index >= 15 is 0 Å². The fourth-order valence-corrected chi connectivity index (χ4v) is 4.26. The summed E-state index contributed by atoms with van der Waals surface area (Å²) in [6.07, 6.45) is 3.44. The Labute approximate surface area is 149 Å². The van der Waals surface area contributed by atoms with Crippen molar-refractivity contribution in [3.05, 3.63) is 35.2 Å². The second-order valence-electron chi connectivity index (χ2n) is 6.57. The Balaban J connectivity index is 1.34. The number of halogens is 2. The number of nitrogens with one attached hydrogen (secondary N) is 1. The molecule has 1 aromatic heterocycles. The quantitative estimate of drug-likeness (QED) is 0.876. The van der Waals surface area contributed by atoms with E-state index in [0.29, 0.717) is 23.3 Å². The number of thiazole rings is 1. The standard InChI is InChI=1S/C18H21F2N3OS/c19-15-2-1-12(9-16(15)20)17-11-25-18(22-17)21-10-14-3-6-23(14)13-4-7-24-8-5-13/h1-2,9,11,13-14H,3-8,10H2,(H,21,22)/t14-/m0/s1. The van der Waals surface area contributed by atoms with Crippen LogP contribution in [-0.2, 0) is 4.74 Å². The molecular formula is C18H21F2N3OS. The van der Waals surface area contributed by atoms with Crippen molar-refractivity contribution >= 4 is 16.5 Å². The number of hydrogen-bond donors (Lipinski definition) is 1. The lowest BCUT2D eigenvalue weighted by Crippen LogP contribution is -2.57. The Morgan fingerprint density at radius 3 is 2.76 bits per heavy atom. The van der Waals surface area contributed by atoms with Crippen LogP contribution in [0.2, 0.25) is 0 Å². The molecular weight excluding hydrogens is 344 g/mol. The van der Waals surface area contributed by atoms with Crippen molar-refractivity contribution in [1.29, 1.82) is 0 Å². The molecule has 2 aliphatic heterocycles. The summed E-state index contributed by atoms with van der Waals surface area (Å²) < 4.78 is 31.9. The van der Waals surface area contributed by atoms with Gasteiger partial charge in [-0.15, -0.1) is 11.3 Å². The molecule has 25 heavy (non-hydrogen) atoms. The Morgan fingerprint density at radius 2 is 2.04 bits per heavy atom. The second kappa shape index (κ2) is 7.35. The van der Waals surface area contributed by atoms with E-state index in [2.05, 4.69) is 15.2 Å². The normalized spacial score (nSPS) is 21.9. The molecule has 1 N–H and O–H groups in total. The van der Waals surface area contributed by atoms with Gasteiger partial charge in [-0.25, -0.2) is 13.8 Å². The molecule has 3 heterocycles. The molecule has 1 atom stereocenters. The van der Waals surface area contributed by atoms with Crippen molar-refractivity contribution in [3.8, 4) is 11.3 Å². The summed E-state index contributed by atoms with van der Waals surface area (Å²) in [6, 6.07) is 5.06. The molecule has 0 bridgehead atoms. The average Bonchev–Trinajstić information content (AvgIpc) is 3.06. The molecule has 0 saturated carbocycles. The minimum atomic E-state index is -0.846. The number of anilines is 1. The monoisotopic (exact) mass is 365 g/mol. The molecule has 1 aromatic carbocycles. The van der Waals surface area contributed by atoms with E-state index in [4.69, 9.17) is 4.74 Å². The van der Waals surface area contributed by atoms with Gasteiger partial charge in [-0.3, -0.25) is 4.90 Å². The van der Waals surface area contributed by atoms with Crippen molar-refractivity contribution in [2.24, 2.45) is 0 Å². The average molecular weight is 365 g/mol. The predicted octanol–water partition coefficient (Wildman–Crippen LogP) is 3.75. The summed E-state index contributed by atoms with van der Waals surface area (Å²) in [5.41, 5.74) is 1.26. The second-order valence-corrected chi connectivity index (χ2v) is 7.43. The number of nitrogens with zero attached hydrogens (tertiary/aromatic N) is 2. The number of hydrogen-bond acceptors (Lipinski definition) is 5. The maximum Gasteiger partial charge on any atom is 0.183 e. The lowest BCUT2D eigenvalue weighted by Gasteiger charge is -2.47. The highest BCUT2D eigenvalue weighted by Crippen LogP contribution is 2.29. The van der Waals surface area contributed by atoms with Crippen LogP contribution in [0.1, 0.15) is 19.3 Å². The van der Waals surface area contributed by atoms with Crippen molar-refractivity contribution in [1.82, 2.24) is 9.88 Å². The Kier molecular flexibility index (Phi) is 4.96. The third-order valence-electron chi connectivity index (χ3n) is 5.06. The van der Waals surface area contributed by atoms with Gasteiger partial charge in [0.05, 0.1) is 5.69 Å². The molecule has 4 nitrogen and oxygen atoms in total. The summed E-state index contributed by atoms with van der Waals surface area (Å²) in [4.78, 5) is 7.07. The molecule has 134 valence electrons. The van der Waals surface area contributed by atoms with Gasteiger partial charge in [0.1, 0.15) is 0 Å². The number of benzene rings is 1. The molecule has 2 aliphatic rings. The van der Waals surface area contributed by atoms with Crippen LogP contribution < -0.4 is 5.32 Å². The molecule has 2 aromatic rings. The molecule has 0 aliphatic carbocycles. The van der Waals surface area contributed by atoms with E-state index in [1.807, 2.05) is 5.38 Å². The van der Waals surface area contributed by atoms with Crippen LogP contribution in [0, 0.1) is 11.6 Å². The zero-order valence-corrected chi connectivity index (χ0v) is 14.7. The van der Waals surface area contributed by atoms with E-state index in [-0.39, 0.29) is 0 Å². The van der Waals surface area contributed by atoms with Crippen LogP contribution in [-0.4, -0.2) is 48.3 Å². The first-order valence-electron chi connectivity index (χ1n) is 8.69. The molecule has 7 heteroatoms. The molecule has 0 spiro atoms. The lowest BCUT2D eigenvalue weighted by molar-refractivity contribution is -0.0189. The molecule has 2 fully saturated rings. The fraction of sp³-hybridized carbons (Fsp3) is 0.500. The predicted molar refractivity (Wildman–Crippen MR) is 94.9 cm³/mol. The van der Waals surface area contributed by atoms with E-state index in [9.17, 15) is 8.78 Å². The van der Waals surface area contributed by atoms with Crippen LogP contribution in [0.5, 0.6) is 0 Å². The minimum absolute atomic E-state index is 0.540. The van der Waals surface area contributed by atoms with Gasteiger partial charge in [-0.2, -0.15) is 0 Å². The molecule has 2 saturated heterocycles. The Bertz CT molecular complexity index is 733. The smallest absolute Gasteiger partial charge is 0.183 e. The van der Waals surface area contributed by atoms with Crippen molar-refractivity contribution in [2.45, 2.75) is 31.3 Å². The fourth-order valence-electron chi connectivity index (χ4n) is 3.53. The van der Waals surface area contributed by atoms with Crippen LogP contribution in [0.25, 0.3) is 11.3 Å². The van der Waals surface area contributed by atoms with E-state index < -0.39 is 11.6 Å². The Morgan fingerprint density at radius 1 is 1.20 bits per heavy atom. The van der Waals surface area contributed by atoms with Gasteiger partial charge in [0.2, 0.25) is 0 Å². The van der Waals surface area contributed by atoms with Gasteiger partial charge in [-0.05, 0) is 37.5 Å². The summed E-state index contributed by atoms with van der Waals surface area (Å²) >= 11 is 1.49. The maximum atomic E-state index is 13.4. The first kappa shape index (κ1) is 16.9. The van der Waals surface area contributed by atoms with Gasteiger partial charge in [0, 0.05) is 49.3 Å². The Hall–Kier alpha value is -1.57. The van der Waals surface area contributed by atoms with Crippen molar-refractivity contribution in [3.63, 3.8) is 0 Å². The van der Waals surface area contributed by atoms with E-state index in [0.717, 1.165) is 50.3 Å². The largest absolute Gasteiger partial charge is 0.381 e. The zero-order chi connectivity index (χ0) is 17.2. The van der Waals surface area contributed by atoms with Crippen LogP contribution in [0.3, 0.4) is 0 Å². The highest BCUT2D eigenvalue weighted by Gasteiger charge is 2.34. The van der Waals surface area contributed by atoms with Gasteiger partial charge < -0.3 is 10.1 Å². The summed E-state index contributed by atoms with van der Waals surface area (Å²) in [5, 5.41) is 6.08. The van der Waals surface area contributed by atoms with Crippen molar-refractivity contribution < 1.29 is 13.5 Å². The first-order valence-corrected chi connectivity index (χ1v) is 9.57. The maximum absolute atomic E-state index is 13.4. The number of likely N-dealkylation sites (tertiary alicyclic amines) is 1. The highest BCUT2D eigenvalue weighted by molar-refractivity contribution is 7.14. The van der Waals surface area contributed by atoms with Crippen LogP contribution >= 0.6 is 11.3 Å². The SMILES string of the molecule is Fc1ccc(-c2csc(NC[C@@H]3CCN3C3CCOCC3)n2)cc1F. The molecule has 4 rings (SSSR count). The molecule has 0 unspecified atom stereocenters. The van der Waals surface area contributed by atoms with Gasteiger partial charge in [0.15, 0.2) is 16.8 Å². The van der Waals surface area contributed by atoms with Crippen LogP contribution in [0.4, 0.5) is 13.9 Å². The first-order chi connectivity index (χ1) is 12.2. The number of rotatable bonds is 5. The summed E-state index contributed by atoms with van der Waals surface area (Å²) in [5.74, 6) is -1.68. The molecule has 0 amide bonds. The van der Waals surface area contributed by atoms with Crippen molar-refractivity contribution in [2.75, 3.05) is 31.6 Å². The third kappa shape index (κ3) is 3.68. The van der Waals surface area contributed by atoms with E-state index in [1.165, 1.54) is 23.8 Å². The topological polar surface area (TPSA) is 37.4 Å². The van der Waals surface area contributed by atoms with Gasteiger partial charge in [0.25, 0.3) is 0 Å². The van der Waals surface area contributed by atoms with Gasteiger partial charge >= 0.3 is 0 Å². The third-order valence-corrected chi connectivity index (χ3v) is 5.86. The zero-order valence-electron chi connectivity index (χ0n) is 13.9. The molecule has 0 radical (unpaired) electrons. The minimum Gasteiger partial charge on any atom is -0.381 e. The summed E-state index contributed by atoms with van der Waals surface area (Å²) in [7, 11) is 0. The van der Waals surface area contributed by atoms with E-state index in [1.54, 1.807) is 6.07 Å². The van der Waals surface area contributed by atoms with Gasteiger partial charge in [-0.1, -0.05) is 0 Å². The lowest BCUT2D eigenvalue weighted by atomic mass is 9.95. The number of ether oxygens (including phenoxy) is 1. The van der Waals surface area contributed by atoms with Crippen LogP contribution in [0.15, 0.2) is 23.6 Å². The number of aromatic nitrogens is 1. The summed E-state index contributed by atoms with van der Waals surface area (Å²) in [6.45, 7) is 3.76. The highest BCUT2D eigenvalue weighted by atomic mass is 32.1.